The number of carbonyl (C=O) groups is 1. The molecule has 0 fully saturated rings. The zero-order valence-corrected chi connectivity index (χ0v) is 9.45. The van der Waals surface area contributed by atoms with Crippen molar-refractivity contribution >= 4 is 17.3 Å². The average molecular weight is 252 g/mol. The van der Waals surface area contributed by atoms with Gasteiger partial charge in [-0.05, 0) is 6.07 Å². The van der Waals surface area contributed by atoms with E-state index in [0.29, 0.717) is 6.07 Å². The number of nitrogens with two attached hydrogens (primary N) is 1. The molecule has 0 aliphatic rings. The van der Waals surface area contributed by atoms with Crippen LogP contribution in [0.5, 0.6) is 0 Å². The standard InChI is InChI=1S/C11H10F2N4O/c1-17-5-15-4-10(17)11(18)16-9-3-8(14)6(12)2-7(9)13/h2-5H,14H2,1H3,(H,16,18). The largest absolute Gasteiger partial charge is 0.396 e. The third-order valence-corrected chi connectivity index (χ3v) is 2.38. The summed E-state index contributed by atoms with van der Waals surface area (Å²) in [5, 5.41) is 2.30. The van der Waals surface area contributed by atoms with Gasteiger partial charge >= 0.3 is 0 Å². The van der Waals surface area contributed by atoms with E-state index in [9.17, 15) is 13.6 Å². The van der Waals surface area contributed by atoms with Gasteiger partial charge in [0.05, 0.1) is 23.9 Å². The van der Waals surface area contributed by atoms with Crippen LogP contribution in [0.3, 0.4) is 0 Å². The second-order valence-electron chi connectivity index (χ2n) is 3.70. The molecule has 0 atom stereocenters. The molecule has 18 heavy (non-hydrogen) atoms. The molecule has 1 amide bonds. The van der Waals surface area contributed by atoms with E-state index in [2.05, 4.69) is 10.3 Å². The smallest absolute Gasteiger partial charge is 0.274 e. The average Bonchev–Trinajstić information content (AvgIpc) is 2.72. The Morgan fingerprint density at radius 3 is 2.72 bits per heavy atom. The van der Waals surface area contributed by atoms with Crippen molar-refractivity contribution in [2.24, 2.45) is 7.05 Å². The van der Waals surface area contributed by atoms with E-state index in [1.54, 1.807) is 7.05 Å². The fraction of sp³-hybridized carbons (Fsp3) is 0.0909. The summed E-state index contributed by atoms with van der Waals surface area (Å²) in [7, 11) is 1.62. The summed E-state index contributed by atoms with van der Waals surface area (Å²) in [5.74, 6) is -2.32. The fourth-order valence-corrected chi connectivity index (χ4v) is 1.42. The van der Waals surface area contributed by atoms with Gasteiger partial charge in [0, 0.05) is 13.1 Å². The number of nitrogens with one attached hydrogen (secondary N) is 1. The molecule has 2 aromatic rings. The first-order valence-corrected chi connectivity index (χ1v) is 5.01. The molecule has 1 aromatic carbocycles. The van der Waals surface area contributed by atoms with Gasteiger partial charge in [-0.25, -0.2) is 13.8 Å². The highest BCUT2D eigenvalue weighted by Crippen LogP contribution is 2.21. The van der Waals surface area contributed by atoms with E-state index >= 15 is 0 Å². The minimum Gasteiger partial charge on any atom is -0.396 e. The highest BCUT2D eigenvalue weighted by molar-refractivity contribution is 6.03. The number of benzene rings is 1. The number of imidazole rings is 1. The van der Waals surface area contributed by atoms with Gasteiger partial charge in [-0.1, -0.05) is 0 Å². The number of carbonyl (C=O) groups excluding carboxylic acids is 1. The minimum absolute atomic E-state index is 0.180. The number of nitrogen functional groups attached to an aromatic ring is 1. The molecule has 94 valence electrons. The van der Waals surface area contributed by atoms with Crippen molar-refractivity contribution in [1.29, 1.82) is 0 Å². The van der Waals surface area contributed by atoms with E-state index in [1.165, 1.54) is 17.1 Å². The van der Waals surface area contributed by atoms with Gasteiger partial charge in [-0.15, -0.1) is 0 Å². The summed E-state index contributed by atoms with van der Waals surface area (Å²) in [6, 6.07) is 1.65. The van der Waals surface area contributed by atoms with Gasteiger partial charge in [-0.2, -0.15) is 0 Å². The molecule has 0 aliphatic heterocycles. The molecular formula is C11H10F2N4O. The predicted molar refractivity (Wildman–Crippen MR) is 61.9 cm³/mol. The van der Waals surface area contributed by atoms with E-state index in [1.807, 2.05) is 0 Å². The lowest BCUT2D eigenvalue weighted by Crippen LogP contribution is -2.16. The lowest BCUT2D eigenvalue weighted by Gasteiger charge is -2.08. The van der Waals surface area contributed by atoms with Crippen molar-refractivity contribution in [3.63, 3.8) is 0 Å². The van der Waals surface area contributed by atoms with Crippen LogP contribution in [0, 0.1) is 11.6 Å². The van der Waals surface area contributed by atoms with E-state index in [4.69, 9.17) is 5.73 Å². The summed E-state index contributed by atoms with van der Waals surface area (Å²) < 4.78 is 27.8. The first-order chi connectivity index (χ1) is 8.49. The van der Waals surface area contributed by atoms with Crippen molar-refractivity contribution in [2.75, 3.05) is 11.1 Å². The van der Waals surface area contributed by atoms with Crippen LogP contribution < -0.4 is 11.1 Å². The molecule has 5 nitrogen and oxygen atoms in total. The van der Waals surface area contributed by atoms with Crippen LogP contribution in [0.15, 0.2) is 24.7 Å². The van der Waals surface area contributed by atoms with Gasteiger partial charge in [0.1, 0.15) is 17.3 Å². The molecule has 0 bridgehead atoms. The maximum Gasteiger partial charge on any atom is 0.274 e. The third kappa shape index (κ3) is 2.15. The number of nitrogens with zero attached hydrogens (tertiary/aromatic N) is 2. The summed E-state index contributed by atoms with van der Waals surface area (Å²) in [4.78, 5) is 15.5. The van der Waals surface area contributed by atoms with E-state index in [-0.39, 0.29) is 17.1 Å². The predicted octanol–water partition coefficient (Wildman–Crippen LogP) is 1.53. The number of anilines is 2. The summed E-state index contributed by atoms with van der Waals surface area (Å²) in [6.07, 6.45) is 2.77. The van der Waals surface area contributed by atoms with Gasteiger partial charge in [0.25, 0.3) is 5.91 Å². The lowest BCUT2D eigenvalue weighted by molar-refractivity contribution is 0.101. The number of rotatable bonds is 2. The SMILES string of the molecule is Cn1cncc1C(=O)Nc1cc(N)c(F)cc1F. The Labute approximate surface area is 101 Å². The van der Waals surface area contributed by atoms with Crippen molar-refractivity contribution in [3.05, 3.63) is 42.0 Å². The zero-order valence-electron chi connectivity index (χ0n) is 9.45. The summed E-state index contributed by atoms with van der Waals surface area (Å²) >= 11 is 0. The molecule has 0 aliphatic carbocycles. The molecular weight excluding hydrogens is 242 g/mol. The molecule has 7 heteroatoms. The Morgan fingerprint density at radius 2 is 2.11 bits per heavy atom. The van der Waals surface area contributed by atoms with Crippen LogP contribution in [-0.2, 0) is 7.05 Å². The molecule has 0 saturated heterocycles. The van der Waals surface area contributed by atoms with Gasteiger partial charge in [0.15, 0.2) is 0 Å². The van der Waals surface area contributed by atoms with E-state index in [0.717, 1.165) is 6.07 Å². The number of aryl methyl sites for hydroxylation is 1. The third-order valence-electron chi connectivity index (χ3n) is 2.38. The Kier molecular flexibility index (Phi) is 2.97. The van der Waals surface area contributed by atoms with Crippen LogP contribution in [0.1, 0.15) is 10.5 Å². The van der Waals surface area contributed by atoms with Crippen LogP contribution in [0.2, 0.25) is 0 Å². The van der Waals surface area contributed by atoms with Gasteiger partial charge < -0.3 is 15.6 Å². The molecule has 0 saturated carbocycles. The molecule has 1 aromatic heterocycles. The topological polar surface area (TPSA) is 72.9 Å². The first-order valence-electron chi connectivity index (χ1n) is 5.01. The van der Waals surface area contributed by atoms with E-state index < -0.39 is 17.5 Å². The van der Waals surface area contributed by atoms with Crippen molar-refractivity contribution in [1.82, 2.24) is 9.55 Å². The van der Waals surface area contributed by atoms with Crippen LogP contribution >= 0.6 is 0 Å². The van der Waals surface area contributed by atoms with Gasteiger partial charge in [0.2, 0.25) is 0 Å². The maximum absolute atomic E-state index is 13.4. The van der Waals surface area contributed by atoms with Crippen LogP contribution in [0.25, 0.3) is 0 Å². The second kappa shape index (κ2) is 4.44. The van der Waals surface area contributed by atoms with Crippen molar-refractivity contribution < 1.29 is 13.6 Å². The molecule has 1 heterocycles. The highest BCUT2D eigenvalue weighted by atomic mass is 19.1. The molecule has 0 unspecified atom stereocenters. The normalized spacial score (nSPS) is 10.4. The number of amides is 1. The van der Waals surface area contributed by atoms with Gasteiger partial charge in [-0.3, -0.25) is 4.79 Å². The Bertz CT molecular complexity index is 609. The first kappa shape index (κ1) is 12.0. The Hall–Kier alpha value is -2.44. The highest BCUT2D eigenvalue weighted by Gasteiger charge is 2.14. The molecule has 2 rings (SSSR count). The number of aromatic nitrogens is 2. The number of hydrogen-bond acceptors (Lipinski definition) is 3. The number of hydrogen-bond donors (Lipinski definition) is 2. The second-order valence-corrected chi connectivity index (χ2v) is 3.70. The molecule has 3 N–H and O–H groups in total. The molecule has 0 spiro atoms. The number of halogens is 2. The maximum atomic E-state index is 13.4. The quantitative estimate of drug-likeness (QED) is 0.796. The zero-order chi connectivity index (χ0) is 13.3. The Balaban J connectivity index is 2.28. The molecule has 0 radical (unpaired) electrons. The van der Waals surface area contributed by atoms with Crippen LogP contribution in [0.4, 0.5) is 20.2 Å². The fourth-order valence-electron chi connectivity index (χ4n) is 1.42. The minimum atomic E-state index is -0.891. The Morgan fingerprint density at radius 1 is 1.39 bits per heavy atom. The summed E-state index contributed by atoms with van der Waals surface area (Å²) in [5.41, 5.74) is 5.13. The van der Waals surface area contributed by atoms with Crippen LogP contribution in [-0.4, -0.2) is 15.5 Å². The van der Waals surface area contributed by atoms with Crippen molar-refractivity contribution in [2.45, 2.75) is 0 Å². The van der Waals surface area contributed by atoms with Crippen molar-refractivity contribution in [3.8, 4) is 0 Å². The monoisotopic (exact) mass is 252 g/mol. The lowest BCUT2D eigenvalue weighted by atomic mass is 10.2. The summed E-state index contributed by atoms with van der Waals surface area (Å²) in [6.45, 7) is 0.